The van der Waals surface area contributed by atoms with Gasteiger partial charge in [-0.25, -0.2) is 0 Å². The SMILES string of the molecule is C#CCN(C)Cc1ccc(CNC)cc1Br. The van der Waals surface area contributed by atoms with Crippen molar-refractivity contribution < 1.29 is 0 Å². The summed E-state index contributed by atoms with van der Waals surface area (Å²) in [4.78, 5) is 2.11. The Balaban J connectivity index is 2.71. The van der Waals surface area contributed by atoms with Gasteiger partial charge in [-0.05, 0) is 31.3 Å². The van der Waals surface area contributed by atoms with Crippen molar-refractivity contribution >= 4 is 15.9 Å². The lowest BCUT2D eigenvalue weighted by Crippen LogP contribution is -2.18. The van der Waals surface area contributed by atoms with Gasteiger partial charge in [0.25, 0.3) is 0 Å². The van der Waals surface area contributed by atoms with E-state index in [4.69, 9.17) is 6.42 Å². The first-order chi connectivity index (χ1) is 7.67. The summed E-state index contributed by atoms with van der Waals surface area (Å²) in [5.41, 5.74) is 2.54. The molecule has 1 aromatic carbocycles. The van der Waals surface area contributed by atoms with E-state index in [1.165, 1.54) is 11.1 Å². The van der Waals surface area contributed by atoms with Crippen LogP contribution in [0.1, 0.15) is 11.1 Å². The summed E-state index contributed by atoms with van der Waals surface area (Å²) in [5.74, 6) is 2.64. The van der Waals surface area contributed by atoms with Gasteiger partial charge in [0.1, 0.15) is 0 Å². The standard InChI is InChI=1S/C13H17BrN2/c1-4-7-16(3)10-12-6-5-11(9-15-2)8-13(12)14/h1,5-6,8,15H,7,9-10H2,2-3H3. The number of hydrogen-bond donors (Lipinski definition) is 1. The lowest BCUT2D eigenvalue weighted by molar-refractivity contribution is 0.368. The van der Waals surface area contributed by atoms with E-state index in [1.807, 2.05) is 14.1 Å². The summed E-state index contributed by atoms with van der Waals surface area (Å²) < 4.78 is 1.14. The fourth-order valence-electron chi connectivity index (χ4n) is 1.54. The van der Waals surface area contributed by atoms with Crippen molar-refractivity contribution in [3.8, 4) is 12.3 Å². The summed E-state index contributed by atoms with van der Waals surface area (Å²) in [5, 5.41) is 3.13. The second kappa shape index (κ2) is 6.70. The molecule has 3 heteroatoms. The Kier molecular flexibility index (Phi) is 5.54. The molecule has 0 aromatic heterocycles. The zero-order chi connectivity index (χ0) is 12.0. The van der Waals surface area contributed by atoms with Crippen molar-refractivity contribution in [2.75, 3.05) is 20.6 Å². The Morgan fingerprint density at radius 1 is 1.50 bits per heavy atom. The average molecular weight is 281 g/mol. The molecule has 0 heterocycles. The van der Waals surface area contributed by atoms with E-state index in [2.05, 4.69) is 50.3 Å². The molecule has 1 aromatic rings. The molecule has 0 amide bonds. The molecule has 0 spiro atoms. The Hall–Kier alpha value is -0.820. The molecule has 0 aliphatic carbocycles. The maximum atomic E-state index is 5.27. The van der Waals surface area contributed by atoms with Crippen LogP contribution in [-0.2, 0) is 13.1 Å². The Morgan fingerprint density at radius 2 is 2.25 bits per heavy atom. The minimum absolute atomic E-state index is 0.671. The third-order valence-electron chi connectivity index (χ3n) is 2.30. The molecule has 2 nitrogen and oxygen atoms in total. The molecular formula is C13H17BrN2. The maximum Gasteiger partial charge on any atom is 0.0599 e. The molecule has 0 fully saturated rings. The second-order valence-electron chi connectivity index (χ2n) is 3.83. The zero-order valence-corrected chi connectivity index (χ0v) is 11.3. The number of halogens is 1. The summed E-state index contributed by atoms with van der Waals surface area (Å²) >= 11 is 3.59. The van der Waals surface area contributed by atoms with E-state index in [0.29, 0.717) is 6.54 Å². The van der Waals surface area contributed by atoms with Crippen LogP contribution in [0.15, 0.2) is 22.7 Å². The van der Waals surface area contributed by atoms with Crippen LogP contribution in [0.5, 0.6) is 0 Å². The summed E-state index contributed by atoms with van der Waals surface area (Å²) in [6.45, 7) is 2.42. The van der Waals surface area contributed by atoms with Gasteiger partial charge in [-0.1, -0.05) is 34.0 Å². The van der Waals surface area contributed by atoms with E-state index < -0.39 is 0 Å². The van der Waals surface area contributed by atoms with Crippen LogP contribution < -0.4 is 5.32 Å². The first kappa shape index (κ1) is 13.2. The molecule has 16 heavy (non-hydrogen) atoms. The lowest BCUT2D eigenvalue weighted by Gasteiger charge is -2.15. The third kappa shape index (κ3) is 3.97. The molecule has 1 N–H and O–H groups in total. The van der Waals surface area contributed by atoms with E-state index in [0.717, 1.165) is 17.6 Å². The first-order valence-electron chi connectivity index (χ1n) is 5.21. The van der Waals surface area contributed by atoms with Crippen LogP contribution in [0.25, 0.3) is 0 Å². The largest absolute Gasteiger partial charge is 0.316 e. The molecule has 0 unspecified atom stereocenters. The normalized spacial score (nSPS) is 10.4. The van der Waals surface area contributed by atoms with Crippen molar-refractivity contribution in [1.82, 2.24) is 10.2 Å². The molecule has 0 aliphatic heterocycles. The van der Waals surface area contributed by atoms with E-state index in [1.54, 1.807) is 0 Å². The Labute approximate surface area is 106 Å². The van der Waals surface area contributed by atoms with Crippen LogP contribution in [0.2, 0.25) is 0 Å². The molecule has 0 aliphatic rings. The van der Waals surface area contributed by atoms with Crippen molar-refractivity contribution in [2.45, 2.75) is 13.1 Å². The van der Waals surface area contributed by atoms with Crippen molar-refractivity contribution in [3.05, 3.63) is 33.8 Å². The highest BCUT2D eigenvalue weighted by Crippen LogP contribution is 2.19. The molecule has 0 saturated carbocycles. The number of nitrogens with zero attached hydrogens (tertiary/aromatic N) is 1. The van der Waals surface area contributed by atoms with Crippen molar-refractivity contribution in [2.24, 2.45) is 0 Å². The van der Waals surface area contributed by atoms with Gasteiger partial charge in [0.2, 0.25) is 0 Å². The number of benzene rings is 1. The smallest absolute Gasteiger partial charge is 0.0599 e. The maximum absolute atomic E-state index is 5.27. The quantitative estimate of drug-likeness (QED) is 0.833. The first-order valence-corrected chi connectivity index (χ1v) is 6.00. The molecule has 0 atom stereocenters. The van der Waals surface area contributed by atoms with Gasteiger partial charge in [0.15, 0.2) is 0 Å². The van der Waals surface area contributed by atoms with Gasteiger partial charge >= 0.3 is 0 Å². The monoisotopic (exact) mass is 280 g/mol. The molecular weight excluding hydrogens is 264 g/mol. The van der Waals surface area contributed by atoms with Crippen LogP contribution >= 0.6 is 15.9 Å². The number of nitrogens with one attached hydrogen (secondary N) is 1. The van der Waals surface area contributed by atoms with E-state index in [-0.39, 0.29) is 0 Å². The van der Waals surface area contributed by atoms with E-state index >= 15 is 0 Å². The summed E-state index contributed by atoms with van der Waals surface area (Å²) in [6.07, 6.45) is 5.27. The number of hydrogen-bond acceptors (Lipinski definition) is 2. The van der Waals surface area contributed by atoms with Gasteiger partial charge in [-0.15, -0.1) is 6.42 Å². The molecule has 0 bridgehead atoms. The number of rotatable bonds is 5. The summed E-state index contributed by atoms with van der Waals surface area (Å²) in [6, 6.07) is 6.43. The fourth-order valence-corrected chi connectivity index (χ4v) is 2.09. The average Bonchev–Trinajstić information content (AvgIpc) is 2.23. The minimum Gasteiger partial charge on any atom is -0.316 e. The van der Waals surface area contributed by atoms with Crippen LogP contribution in [0.4, 0.5) is 0 Å². The van der Waals surface area contributed by atoms with Crippen LogP contribution in [-0.4, -0.2) is 25.5 Å². The third-order valence-corrected chi connectivity index (χ3v) is 3.04. The Morgan fingerprint density at radius 3 is 2.81 bits per heavy atom. The summed E-state index contributed by atoms with van der Waals surface area (Å²) in [7, 11) is 3.97. The molecule has 0 radical (unpaired) electrons. The molecule has 0 saturated heterocycles. The highest BCUT2D eigenvalue weighted by Gasteiger charge is 2.04. The predicted octanol–water partition coefficient (Wildman–Crippen LogP) is 2.23. The Bertz CT molecular complexity index is 382. The van der Waals surface area contributed by atoms with Crippen LogP contribution in [0.3, 0.4) is 0 Å². The number of terminal acetylenes is 1. The second-order valence-corrected chi connectivity index (χ2v) is 4.69. The van der Waals surface area contributed by atoms with Gasteiger partial charge in [-0.3, -0.25) is 4.90 Å². The van der Waals surface area contributed by atoms with E-state index in [9.17, 15) is 0 Å². The fraction of sp³-hybridized carbons (Fsp3) is 0.385. The predicted molar refractivity (Wildman–Crippen MR) is 72.1 cm³/mol. The highest BCUT2D eigenvalue weighted by atomic mass is 79.9. The minimum atomic E-state index is 0.671. The topological polar surface area (TPSA) is 15.3 Å². The van der Waals surface area contributed by atoms with Crippen LogP contribution in [0, 0.1) is 12.3 Å². The van der Waals surface area contributed by atoms with Gasteiger partial charge in [0, 0.05) is 17.6 Å². The molecule has 1 rings (SSSR count). The van der Waals surface area contributed by atoms with Gasteiger partial charge in [0.05, 0.1) is 6.54 Å². The van der Waals surface area contributed by atoms with Crippen molar-refractivity contribution in [1.29, 1.82) is 0 Å². The highest BCUT2D eigenvalue weighted by molar-refractivity contribution is 9.10. The van der Waals surface area contributed by atoms with Gasteiger partial charge < -0.3 is 5.32 Å². The van der Waals surface area contributed by atoms with Crippen molar-refractivity contribution in [3.63, 3.8) is 0 Å². The zero-order valence-electron chi connectivity index (χ0n) is 9.76. The lowest BCUT2D eigenvalue weighted by atomic mass is 10.1. The van der Waals surface area contributed by atoms with Gasteiger partial charge in [-0.2, -0.15) is 0 Å². The molecule has 86 valence electrons.